The molecule has 1 heterocycles. The van der Waals surface area contributed by atoms with Crippen LogP contribution in [0.1, 0.15) is 82.6 Å². The van der Waals surface area contributed by atoms with Crippen LogP contribution in [-0.4, -0.2) is 45.3 Å². The Balaban J connectivity index is 1.27. The summed E-state index contributed by atoms with van der Waals surface area (Å²) in [5, 5.41) is 2.97. The fourth-order valence-corrected chi connectivity index (χ4v) is 8.40. The summed E-state index contributed by atoms with van der Waals surface area (Å²) in [4.78, 5) is 43.6. The molecule has 1 aromatic rings. The van der Waals surface area contributed by atoms with E-state index in [1.165, 1.54) is 36.3 Å². The number of hydrogen-bond acceptors (Lipinski definition) is 3. The Morgan fingerprint density at radius 1 is 0.943 bits per heavy atom. The second-order valence-electron chi connectivity index (χ2n) is 12.1. The number of carbonyl (C=O) groups excluding carboxylic acids is 3. The van der Waals surface area contributed by atoms with Crippen molar-refractivity contribution < 1.29 is 18.8 Å². The predicted molar refractivity (Wildman–Crippen MR) is 129 cm³/mol. The van der Waals surface area contributed by atoms with E-state index in [-0.39, 0.29) is 29.7 Å². The number of benzene rings is 1. The fraction of sp³-hybridized carbons (Fsp3) is 0.679. The Morgan fingerprint density at radius 3 is 2.09 bits per heavy atom. The van der Waals surface area contributed by atoms with Gasteiger partial charge < -0.3 is 10.2 Å². The maximum atomic E-state index is 14.0. The third-order valence-electron chi connectivity index (χ3n) is 9.63. The van der Waals surface area contributed by atoms with E-state index in [0.717, 1.165) is 50.5 Å². The molecule has 1 aliphatic heterocycles. The van der Waals surface area contributed by atoms with Crippen LogP contribution < -0.4 is 5.32 Å². The first-order valence-electron chi connectivity index (χ1n) is 13.5. The first kappa shape index (κ1) is 23.0. The van der Waals surface area contributed by atoms with Crippen molar-refractivity contribution in [3.8, 4) is 0 Å². The minimum absolute atomic E-state index is 0.162. The standard InChI is InChI=1S/C28H36FN3O3/c29-23-7-5-19(6-8-23)17-32(27-14-20-11-21(15-27)13-22(12-20)16-27)24(33)18-31-25(34)28(30-26(31)35)9-3-1-2-4-10-28/h5-8,20-22H,1-4,9-18H2,(H,30,35). The summed E-state index contributed by atoms with van der Waals surface area (Å²) < 4.78 is 13.6. The zero-order chi connectivity index (χ0) is 24.2. The summed E-state index contributed by atoms with van der Waals surface area (Å²) in [6, 6.07) is 5.92. The molecule has 0 unspecified atom stereocenters. The monoisotopic (exact) mass is 481 g/mol. The number of urea groups is 1. The van der Waals surface area contributed by atoms with E-state index >= 15 is 0 Å². The van der Waals surface area contributed by atoms with Crippen LogP contribution in [0.2, 0.25) is 0 Å². The number of halogens is 1. The highest BCUT2D eigenvalue weighted by Gasteiger charge is 2.56. The lowest BCUT2D eigenvalue weighted by Gasteiger charge is -2.60. The Bertz CT molecular complexity index is 979. The second-order valence-corrected chi connectivity index (χ2v) is 12.1. The number of amides is 4. The second kappa shape index (κ2) is 8.59. The molecule has 1 N–H and O–H groups in total. The van der Waals surface area contributed by atoms with Crippen LogP contribution in [-0.2, 0) is 16.1 Å². The lowest BCUT2D eigenvalue weighted by molar-refractivity contribution is -0.155. The number of nitrogens with one attached hydrogen (secondary N) is 1. The van der Waals surface area contributed by atoms with Crippen molar-refractivity contribution in [3.05, 3.63) is 35.6 Å². The van der Waals surface area contributed by atoms with Gasteiger partial charge in [0.15, 0.2) is 0 Å². The molecule has 0 radical (unpaired) electrons. The molecule has 5 aliphatic carbocycles. The third-order valence-corrected chi connectivity index (χ3v) is 9.63. The normalized spacial score (nSPS) is 33.2. The van der Waals surface area contributed by atoms with E-state index in [4.69, 9.17) is 0 Å². The highest BCUT2D eigenvalue weighted by atomic mass is 19.1. The van der Waals surface area contributed by atoms with E-state index in [1.54, 1.807) is 12.1 Å². The van der Waals surface area contributed by atoms with Gasteiger partial charge in [-0.1, -0.05) is 37.8 Å². The summed E-state index contributed by atoms with van der Waals surface area (Å²) in [6.45, 7) is 0.176. The van der Waals surface area contributed by atoms with E-state index in [1.807, 2.05) is 4.90 Å². The van der Waals surface area contributed by atoms with Crippen LogP contribution in [0.4, 0.5) is 9.18 Å². The molecule has 6 aliphatic rings. The zero-order valence-corrected chi connectivity index (χ0v) is 20.4. The number of nitrogens with zero attached hydrogens (tertiary/aromatic N) is 2. The quantitative estimate of drug-likeness (QED) is 0.616. The summed E-state index contributed by atoms with van der Waals surface area (Å²) >= 11 is 0. The van der Waals surface area contributed by atoms with E-state index in [9.17, 15) is 18.8 Å². The Kier molecular flexibility index (Phi) is 5.65. The van der Waals surface area contributed by atoms with Gasteiger partial charge in [0.2, 0.25) is 5.91 Å². The van der Waals surface area contributed by atoms with Crippen LogP contribution >= 0.6 is 0 Å². The SMILES string of the molecule is O=C1NC2(CCCCCC2)C(=O)N1CC(=O)N(Cc1ccc(F)cc1)C12CC3CC(CC(C3)C1)C2. The molecule has 6 nitrogen and oxygen atoms in total. The maximum absolute atomic E-state index is 14.0. The van der Waals surface area contributed by atoms with Crippen molar-refractivity contribution in [2.45, 2.75) is 94.7 Å². The summed E-state index contributed by atoms with van der Waals surface area (Å²) in [6.07, 6.45) is 12.0. The van der Waals surface area contributed by atoms with Gasteiger partial charge in [0.1, 0.15) is 17.9 Å². The van der Waals surface area contributed by atoms with Crippen LogP contribution in [0.3, 0.4) is 0 Å². The number of imide groups is 1. The number of rotatable bonds is 5. The Hall–Kier alpha value is -2.44. The Morgan fingerprint density at radius 2 is 1.51 bits per heavy atom. The molecular formula is C28H36FN3O3. The van der Waals surface area contributed by atoms with Crippen molar-refractivity contribution in [3.63, 3.8) is 0 Å². The van der Waals surface area contributed by atoms with Gasteiger partial charge in [-0.05, 0) is 86.8 Å². The molecule has 6 fully saturated rings. The molecular weight excluding hydrogens is 445 g/mol. The highest BCUT2D eigenvalue weighted by Crippen LogP contribution is 2.58. The van der Waals surface area contributed by atoms with E-state index in [2.05, 4.69) is 5.32 Å². The van der Waals surface area contributed by atoms with Crippen molar-refractivity contribution in [2.75, 3.05) is 6.54 Å². The minimum Gasteiger partial charge on any atom is -0.331 e. The van der Waals surface area contributed by atoms with Gasteiger partial charge in [0, 0.05) is 12.1 Å². The molecule has 1 saturated heterocycles. The topological polar surface area (TPSA) is 69.7 Å². The maximum Gasteiger partial charge on any atom is 0.325 e. The highest BCUT2D eigenvalue weighted by molar-refractivity contribution is 6.09. The minimum atomic E-state index is -0.837. The van der Waals surface area contributed by atoms with Gasteiger partial charge in [-0.25, -0.2) is 9.18 Å². The molecule has 4 amide bonds. The first-order chi connectivity index (χ1) is 16.9. The summed E-state index contributed by atoms with van der Waals surface area (Å²) in [5.41, 5.74) is -0.177. The molecule has 7 rings (SSSR count). The lowest BCUT2D eigenvalue weighted by Crippen LogP contribution is -2.62. The molecule has 7 heteroatoms. The van der Waals surface area contributed by atoms with Gasteiger partial charge >= 0.3 is 6.03 Å². The zero-order valence-electron chi connectivity index (χ0n) is 20.4. The van der Waals surface area contributed by atoms with Crippen molar-refractivity contribution in [1.29, 1.82) is 0 Å². The van der Waals surface area contributed by atoms with Crippen LogP contribution in [0, 0.1) is 23.6 Å². The predicted octanol–water partition coefficient (Wildman–Crippen LogP) is 4.77. The average molecular weight is 482 g/mol. The van der Waals surface area contributed by atoms with Gasteiger partial charge in [-0.3, -0.25) is 14.5 Å². The third kappa shape index (κ3) is 4.05. The first-order valence-corrected chi connectivity index (χ1v) is 13.5. The van der Waals surface area contributed by atoms with Crippen LogP contribution in [0.5, 0.6) is 0 Å². The van der Waals surface area contributed by atoms with Crippen molar-refractivity contribution in [1.82, 2.24) is 15.1 Å². The average Bonchev–Trinajstić information content (AvgIpc) is 2.96. The van der Waals surface area contributed by atoms with Crippen LogP contribution in [0.25, 0.3) is 0 Å². The summed E-state index contributed by atoms with van der Waals surface area (Å²) in [5.74, 6) is 1.26. The van der Waals surface area contributed by atoms with E-state index < -0.39 is 11.6 Å². The summed E-state index contributed by atoms with van der Waals surface area (Å²) in [7, 11) is 0. The molecule has 0 atom stereocenters. The molecule has 4 bridgehead atoms. The van der Waals surface area contributed by atoms with Crippen molar-refractivity contribution >= 4 is 17.8 Å². The lowest BCUT2D eigenvalue weighted by atomic mass is 9.52. The van der Waals surface area contributed by atoms with Gasteiger partial charge in [-0.15, -0.1) is 0 Å². The molecule has 0 aromatic heterocycles. The number of hydrogen-bond donors (Lipinski definition) is 1. The molecule has 1 spiro atoms. The Labute approximate surface area is 206 Å². The van der Waals surface area contributed by atoms with E-state index in [0.29, 0.717) is 37.1 Å². The van der Waals surface area contributed by atoms with Gasteiger partial charge in [0.05, 0.1) is 0 Å². The molecule has 35 heavy (non-hydrogen) atoms. The molecule has 1 aromatic carbocycles. The van der Waals surface area contributed by atoms with Gasteiger partial charge in [0.25, 0.3) is 5.91 Å². The smallest absolute Gasteiger partial charge is 0.325 e. The van der Waals surface area contributed by atoms with Crippen LogP contribution in [0.15, 0.2) is 24.3 Å². The fourth-order valence-electron chi connectivity index (χ4n) is 8.40. The molecule has 188 valence electrons. The number of carbonyl (C=O) groups is 3. The molecule has 5 saturated carbocycles. The largest absolute Gasteiger partial charge is 0.331 e. The van der Waals surface area contributed by atoms with Gasteiger partial charge in [-0.2, -0.15) is 0 Å². The van der Waals surface area contributed by atoms with Crippen molar-refractivity contribution in [2.24, 2.45) is 17.8 Å².